The number of aliphatic hydroxyl groups is 2. The van der Waals surface area contributed by atoms with E-state index in [-0.39, 0.29) is 12.2 Å². The lowest BCUT2D eigenvalue weighted by Gasteiger charge is -2.39. The molecule has 0 spiro atoms. The summed E-state index contributed by atoms with van der Waals surface area (Å²) in [6, 6.07) is 12.6. The largest absolute Gasteiger partial charge is 0.391 e. The van der Waals surface area contributed by atoms with Crippen LogP contribution in [-0.4, -0.2) is 46.6 Å². The lowest BCUT2D eigenvalue weighted by Crippen LogP contribution is -2.45. The number of likely N-dealkylation sites (tertiary alicyclic amines) is 1. The number of rotatable bonds is 6. The molecule has 27 heavy (non-hydrogen) atoms. The maximum absolute atomic E-state index is 12.9. The molecule has 4 nitrogen and oxygen atoms in total. The van der Waals surface area contributed by atoms with Crippen molar-refractivity contribution in [2.24, 2.45) is 0 Å². The third-order valence-corrected chi connectivity index (χ3v) is 5.37. The normalized spacial score (nSPS) is 18.2. The average Bonchev–Trinajstić information content (AvgIpc) is 2.64. The van der Waals surface area contributed by atoms with Gasteiger partial charge in [-0.15, -0.1) is 0 Å². The molecule has 3 rings (SSSR count). The molecule has 2 aromatic rings. The van der Waals surface area contributed by atoms with E-state index < -0.39 is 17.5 Å². The maximum atomic E-state index is 12.9. The zero-order chi connectivity index (χ0) is 19.4. The van der Waals surface area contributed by atoms with Crippen molar-refractivity contribution in [1.82, 2.24) is 4.90 Å². The second kappa shape index (κ2) is 8.48. The fourth-order valence-corrected chi connectivity index (χ4v) is 3.61. The molecule has 6 heteroatoms. The van der Waals surface area contributed by atoms with Gasteiger partial charge in [-0.05, 0) is 54.8 Å². The highest BCUT2D eigenvalue weighted by atomic mass is 35.5. The van der Waals surface area contributed by atoms with Crippen molar-refractivity contribution < 1.29 is 19.4 Å². The number of piperidine rings is 1. The molecule has 1 heterocycles. The van der Waals surface area contributed by atoms with Crippen molar-refractivity contribution in [2.75, 3.05) is 19.6 Å². The highest BCUT2D eigenvalue weighted by Crippen LogP contribution is 2.33. The topological polar surface area (TPSA) is 60.8 Å². The van der Waals surface area contributed by atoms with E-state index in [1.54, 1.807) is 12.1 Å². The minimum Gasteiger partial charge on any atom is -0.391 e. The molecular weight excluding hydrogens is 369 g/mol. The van der Waals surface area contributed by atoms with E-state index in [0.717, 1.165) is 5.56 Å². The lowest BCUT2D eigenvalue weighted by molar-refractivity contribution is -0.0343. The number of hydrogen-bond acceptors (Lipinski definition) is 4. The third kappa shape index (κ3) is 5.14. The Kier molecular flexibility index (Phi) is 6.27. The molecule has 0 aromatic heterocycles. The number of Topliss-reactive ketones (excluding diaryl/α,β-unsaturated/α-hetero) is 1. The summed E-state index contributed by atoms with van der Waals surface area (Å²) in [6.45, 7) is 1.62. The van der Waals surface area contributed by atoms with Crippen molar-refractivity contribution in [3.05, 3.63) is 70.5 Å². The van der Waals surface area contributed by atoms with Gasteiger partial charge >= 0.3 is 0 Å². The molecule has 0 aliphatic carbocycles. The molecule has 1 aliphatic rings. The number of aliphatic hydroxyl groups excluding tert-OH is 1. The summed E-state index contributed by atoms with van der Waals surface area (Å²) < 4.78 is 12.9. The summed E-state index contributed by atoms with van der Waals surface area (Å²) in [5.41, 5.74) is 0.348. The van der Waals surface area contributed by atoms with Gasteiger partial charge in [0.15, 0.2) is 5.78 Å². The van der Waals surface area contributed by atoms with Crippen molar-refractivity contribution >= 4 is 17.4 Å². The van der Waals surface area contributed by atoms with Crippen molar-refractivity contribution in [3.63, 3.8) is 0 Å². The van der Waals surface area contributed by atoms with E-state index in [0.29, 0.717) is 43.1 Å². The van der Waals surface area contributed by atoms with Gasteiger partial charge in [-0.2, -0.15) is 0 Å². The highest BCUT2D eigenvalue weighted by molar-refractivity contribution is 6.30. The van der Waals surface area contributed by atoms with Gasteiger partial charge in [0.25, 0.3) is 0 Å². The standard InChI is InChI=1S/C21H23ClFNO3/c22-17-5-3-16(4-6-17)21(27)9-11-24(12-10-21)14-19(25)13-20(26)15-1-7-18(23)8-2-15/h1-8,19,25,27H,9-14H2. The van der Waals surface area contributed by atoms with Gasteiger partial charge < -0.3 is 15.1 Å². The van der Waals surface area contributed by atoms with Gasteiger partial charge in [-0.25, -0.2) is 4.39 Å². The first-order valence-electron chi connectivity index (χ1n) is 9.03. The van der Waals surface area contributed by atoms with Crippen molar-refractivity contribution in [1.29, 1.82) is 0 Å². The molecule has 1 saturated heterocycles. The van der Waals surface area contributed by atoms with Gasteiger partial charge in [-0.1, -0.05) is 23.7 Å². The molecule has 0 bridgehead atoms. The Labute approximate surface area is 163 Å². The molecule has 1 fully saturated rings. The summed E-state index contributed by atoms with van der Waals surface area (Å²) >= 11 is 5.91. The lowest BCUT2D eigenvalue weighted by atomic mass is 9.84. The molecule has 144 valence electrons. The van der Waals surface area contributed by atoms with Crippen LogP contribution in [0.2, 0.25) is 5.02 Å². The van der Waals surface area contributed by atoms with Crippen molar-refractivity contribution in [2.45, 2.75) is 31.0 Å². The average molecular weight is 392 g/mol. The second-order valence-electron chi connectivity index (χ2n) is 7.13. The molecule has 0 saturated carbocycles. The van der Waals surface area contributed by atoms with Crippen LogP contribution >= 0.6 is 11.6 Å². The predicted octanol–water partition coefficient (Wildman–Crippen LogP) is 3.40. The Bertz CT molecular complexity index is 771. The Morgan fingerprint density at radius 3 is 2.30 bits per heavy atom. The van der Waals surface area contributed by atoms with Gasteiger partial charge in [0.1, 0.15) is 5.82 Å². The molecule has 1 aliphatic heterocycles. The quantitative estimate of drug-likeness (QED) is 0.741. The number of carbonyl (C=O) groups excluding carboxylic acids is 1. The van der Waals surface area contributed by atoms with E-state index in [2.05, 4.69) is 0 Å². The van der Waals surface area contributed by atoms with Crippen molar-refractivity contribution in [3.8, 4) is 0 Å². The van der Waals surface area contributed by atoms with Crippen LogP contribution in [0.4, 0.5) is 4.39 Å². The van der Waals surface area contributed by atoms with Crippen LogP contribution in [-0.2, 0) is 5.60 Å². The fraction of sp³-hybridized carbons (Fsp3) is 0.381. The molecule has 1 atom stereocenters. The number of ketones is 1. The molecule has 2 N–H and O–H groups in total. The van der Waals surface area contributed by atoms with Crippen LogP contribution in [0.1, 0.15) is 35.2 Å². The highest BCUT2D eigenvalue weighted by Gasteiger charge is 2.34. The number of halogens is 2. The summed E-state index contributed by atoms with van der Waals surface area (Å²) in [6.07, 6.45) is 0.286. The predicted molar refractivity (Wildman–Crippen MR) is 102 cm³/mol. The first-order chi connectivity index (χ1) is 12.9. The van der Waals surface area contributed by atoms with Crippen LogP contribution in [0.3, 0.4) is 0 Å². The summed E-state index contributed by atoms with van der Waals surface area (Å²) in [4.78, 5) is 14.2. The molecule has 1 unspecified atom stereocenters. The summed E-state index contributed by atoms with van der Waals surface area (Å²) in [5, 5.41) is 21.8. The minimum absolute atomic E-state index is 0.0103. The molecule has 0 amide bonds. The van der Waals surface area contributed by atoms with Crippen LogP contribution in [0.25, 0.3) is 0 Å². The SMILES string of the molecule is O=C(CC(O)CN1CCC(O)(c2ccc(Cl)cc2)CC1)c1ccc(F)cc1. The fourth-order valence-electron chi connectivity index (χ4n) is 3.48. The first-order valence-corrected chi connectivity index (χ1v) is 9.41. The van der Waals surface area contributed by atoms with E-state index in [1.807, 2.05) is 17.0 Å². The Balaban J connectivity index is 1.50. The van der Waals surface area contributed by atoms with E-state index in [4.69, 9.17) is 11.6 Å². The van der Waals surface area contributed by atoms with Crippen LogP contribution in [0.15, 0.2) is 48.5 Å². The number of benzene rings is 2. The third-order valence-electron chi connectivity index (χ3n) is 5.12. The van der Waals surface area contributed by atoms with Gasteiger partial charge in [0.05, 0.1) is 11.7 Å². The van der Waals surface area contributed by atoms with Gasteiger partial charge in [0, 0.05) is 36.6 Å². The van der Waals surface area contributed by atoms with E-state index in [9.17, 15) is 19.4 Å². The number of carbonyl (C=O) groups is 1. The van der Waals surface area contributed by atoms with Crippen LogP contribution in [0, 0.1) is 5.82 Å². The van der Waals surface area contributed by atoms with E-state index >= 15 is 0 Å². The van der Waals surface area contributed by atoms with Crippen LogP contribution < -0.4 is 0 Å². The zero-order valence-corrected chi connectivity index (χ0v) is 15.7. The Hall–Kier alpha value is -1.79. The van der Waals surface area contributed by atoms with Gasteiger partial charge in [0.2, 0.25) is 0 Å². The summed E-state index contributed by atoms with van der Waals surface area (Å²) in [7, 11) is 0. The van der Waals surface area contributed by atoms with Gasteiger partial charge in [-0.3, -0.25) is 4.79 Å². The number of β-amino-alcohol motifs (C(OH)–C–C–N with tert-alkyl or cyclic N) is 1. The minimum atomic E-state index is -0.893. The number of hydrogen-bond donors (Lipinski definition) is 2. The first kappa shape index (κ1) is 20.0. The van der Waals surface area contributed by atoms with Crippen LogP contribution in [0.5, 0.6) is 0 Å². The molecular formula is C21H23ClFNO3. The smallest absolute Gasteiger partial charge is 0.165 e. The maximum Gasteiger partial charge on any atom is 0.165 e. The monoisotopic (exact) mass is 391 g/mol. The number of nitrogens with zero attached hydrogens (tertiary/aromatic N) is 1. The zero-order valence-electron chi connectivity index (χ0n) is 14.9. The molecule has 2 aromatic carbocycles. The van der Waals surface area contributed by atoms with E-state index in [1.165, 1.54) is 24.3 Å². The second-order valence-corrected chi connectivity index (χ2v) is 7.56. The Morgan fingerprint density at radius 2 is 1.70 bits per heavy atom. The summed E-state index contributed by atoms with van der Waals surface area (Å²) in [5.74, 6) is -0.606. The Morgan fingerprint density at radius 1 is 1.11 bits per heavy atom. The molecule has 0 radical (unpaired) electrons.